The van der Waals surface area contributed by atoms with Crippen molar-refractivity contribution in [2.75, 3.05) is 26.4 Å². The highest BCUT2D eigenvalue weighted by Gasteiger charge is 2.41. The van der Waals surface area contributed by atoms with Crippen LogP contribution in [-0.4, -0.2) is 74.7 Å². The zero-order valence-electron chi connectivity index (χ0n) is 15.2. The Kier molecular flexibility index (Phi) is 4.62. The van der Waals surface area contributed by atoms with Gasteiger partial charge in [0.2, 0.25) is 11.5 Å². The fourth-order valence-electron chi connectivity index (χ4n) is 2.30. The molecule has 0 aromatic heterocycles. The molecule has 4 aliphatic heterocycles. The van der Waals surface area contributed by atoms with E-state index in [4.69, 9.17) is 37.9 Å². The van der Waals surface area contributed by atoms with E-state index in [0.717, 1.165) is 0 Å². The molecule has 5 rings (SSSR count). The Morgan fingerprint density at radius 2 is 0.833 bits per heavy atom. The highest BCUT2D eigenvalue weighted by molar-refractivity contribution is 5.87. The molecule has 1 aromatic rings. The van der Waals surface area contributed by atoms with E-state index in [2.05, 4.69) is 0 Å². The quantitative estimate of drug-likeness (QED) is 0.284. The van der Waals surface area contributed by atoms with Crippen molar-refractivity contribution >= 4 is 23.9 Å². The van der Waals surface area contributed by atoms with Crippen molar-refractivity contribution in [3.63, 3.8) is 0 Å². The van der Waals surface area contributed by atoms with Crippen LogP contribution in [0.15, 0.2) is 12.1 Å². The first kappa shape index (κ1) is 18.9. The first-order valence-corrected chi connectivity index (χ1v) is 9.00. The molecule has 0 amide bonds. The number of hydrogen-bond donors (Lipinski definition) is 0. The third kappa shape index (κ3) is 4.26. The van der Waals surface area contributed by atoms with Crippen LogP contribution in [0.3, 0.4) is 0 Å². The van der Waals surface area contributed by atoms with Gasteiger partial charge in [-0.3, -0.25) is 0 Å². The number of epoxide rings is 4. The fraction of sp³-hybridized carbons (Fsp3) is 0.444. The van der Waals surface area contributed by atoms with E-state index in [1.54, 1.807) is 0 Å². The molecular formula is C18H14O12. The Bertz CT molecular complexity index is 848. The van der Waals surface area contributed by atoms with Crippen molar-refractivity contribution in [3.8, 4) is 23.0 Å². The first-order chi connectivity index (χ1) is 14.5. The Balaban J connectivity index is 1.49. The van der Waals surface area contributed by atoms with E-state index < -0.39 is 59.8 Å². The second-order valence-electron chi connectivity index (χ2n) is 6.69. The van der Waals surface area contributed by atoms with Crippen molar-refractivity contribution in [1.82, 2.24) is 0 Å². The predicted molar refractivity (Wildman–Crippen MR) is 87.9 cm³/mol. The van der Waals surface area contributed by atoms with Gasteiger partial charge in [0, 0.05) is 0 Å². The van der Waals surface area contributed by atoms with Gasteiger partial charge in [-0.05, 0) is 12.1 Å². The third-order valence-electron chi connectivity index (χ3n) is 4.25. The molecule has 0 bridgehead atoms. The Morgan fingerprint density at radius 1 is 0.567 bits per heavy atom. The molecule has 4 saturated heterocycles. The minimum Gasteiger partial charge on any atom is -0.420 e. The lowest BCUT2D eigenvalue weighted by Crippen LogP contribution is -2.22. The number of esters is 4. The Morgan fingerprint density at radius 3 is 1.10 bits per heavy atom. The topological polar surface area (TPSA) is 155 Å². The highest BCUT2D eigenvalue weighted by atomic mass is 16.7. The van der Waals surface area contributed by atoms with Gasteiger partial charge in [-0.15, -0.1) is 0 Å². The molecule has 30 heavy (non-hydrogen) atoms. The van der Waals surface area contributed by atoms with E-state index in [1.807, 2.05) is 0 Å². The van der Waals surface area contributed by atoms with Gasteiger partial charge in [0.1, 0.15) is 0 Å². The number of benzene rings is 1. The largest absolute Gasteiger partial charge is 0.420 e. The van der Waals surface area contributed by atoms with Gasteiger partial charge in [0.25, 0.3) is 0 Å². The van der Waals surface area contributed by atoms with Crippen molar-refractivity contribution in [2.24, 2.45) is 0 Å². The molecule has 0 N–H and O–H groups in total. The van der Waals surface area contributed by atoms with E-state index in [9.17, 15) is 19.2 Å². The number of carbonyl (C=O) groups is 4. The summed E-state index contributed by atoms with van der Waals surface area (Å²) in [5.41, 5.74) is 0. The summed E-state index contributed by atoms with van der Waals surface area (Å²) in [6, 6.07) is 2.47. The highest BCUT2D eigenvalue weighted by Crippen LogP contribution is 2.46. The molecule has 12 heteroatoms. The zero-order valence-corrected chi connectivity index (χ0v) is 15.2. The van der Waals surface area contributed by atoms with Crippen LogP contribution in [0.4, 0.5) is 0 Å². The SMILES string of the molecule is O=C(Oc1ccc(OC(=O)C2CO2)c(OC(=O)C2CO2)c1OC(=O)C1CO1)C1CO1. The van der Waals surface area contributed by atoms with Crippen LogP contribution >= 0.6 is 0 Å². The van der Waals surface area contributed by atoms with E-state index in [1.165, 1.54) is 12.1 Å². The number of rotatable bonds is 8. The van der Waals surface area contributed by atoms with Gasteiger partial charge in [-0.1, -0.05) is 0 Å². The monoisotopic (exact) mass is 422 g/mol. The second kappa shape index (κ2) is 7.32. The lowest BCUT2D eigenvalue weighted by atomic mass is 10.2. The summed E-state index contributed by atoms with van der Waals surface area (Å²) < 4.78 is 40.5. The lowest BCUT2D eigenvalue weighted by molar-refractivity contribution is -0.140. The summed E-state index contributed by atoms with van der Waals surface area (Å²) in [5, 5.41) is 0. The summed E-state index contributed by atoms with van der Waals surface area (Å²) in [5.74, 6) is -4.35. The maximum absolute atomic E-state index is 12.2. The first-order valence-electron chi connectivity index (χ1n) is 9.00. The van der Waals surface area contributed by atoms with Crippen LogP contribution < -0.4 is 18.9 Å². The lowest BCUT2D eigenvalue weighted by Gasteiger charge is -2.16. The molecular weight excluding hydrogens is 408 g/mol. The Hall–Kier alpha value is -3.06. The zero-order chi connectivity index (χ0) is 20.8. The minimum absolute atomic E-state index is 0.155. The molecule has 12 nitrogen and oxygen atoms in total. The second-order valence-corrected chi connectivity index (χ2v) is 6.69. The predicted octanol–water partition coefficient (Wildman–Crippen LogP) is -1.10. The van der Waals surface area contributed by atoms with E-state index in [-0.39, 0.29) is 37.9 Å². The molecule has 0 radical (unpaired) electrons. The van der Waals surface area contributed by atoms with Crippen molar-refractivity contribution in [2.45, 2.75) is 24.4 Å². The molecule has 0 aliphatic carbocycles. The third-order valence-corrected chi connectivity index (χ3v) is 4.25. The van der Waals surface area contributed by atoms with Crippen molar-refractivity contribution in [3.05, 3.63) is 12.1 Å². The number of hydrogen-bond acceptors (Lipinski definition) is 12. The maximum atomic E-state index is 12.2. The summed E-state index contributed by atoms with van der Waals surface area (Å²) in [6.07, 6.45) is -3.09. The summed E-state index contributed by atoms with van der Waals surface area (Å²) >= 11 is 0. The summed E-state index contributed by atoms with van der Waals surface area (Å²) in [6.45, 7) is 0.703. The van der Waals surface area contributed by atoms with Crippen LogP contribution in [0, 0.1) is 0 Å². The van der Waals surface area contributed by atoms with Crippen molar-refractivity contribution in [1.29, 1.82) is 0 Å². The van der Waals surface area contributed by atoms with Crippen LogP contribution in [0.1, 0.15) is 0 Å². The number of ether oxygens (including phenoxy) is 8. The molecule has 4 aliphatic rings. The average molecular weight is 422 g/mol. The number of carbonyl (C=O) groups excluding carboxylic acids is 4. The molecule has 0 spiro atoms. The molecule has 4 fully saturated rings. The summed E-state index contributed by atoms with van der Waals surface area (Å²) in [4.78, 5) is 48.4. The van der Waals surface area contributed by atoms with Crippen LogP contribution in [0.5, 0.6) is 23.0 Å². The molecule has 4 unspecified atom stereocenters. The fourth-order valence-corrected chi connectivity index (χ4v) is 2.30. The van der Waals surface area contributed by atoms with Crippen LogP contribution in [0.25, 0.3) is 0 Å². The van der Waals surface area contributed by atoms with Gasteiger partial charge < -0.3 is 37.9 Å². The van der Waals surface area contributed by atoms with E-state index >= 15 is 0 Å². The smallest absolute Gasteiger partial charge is 0.343 e. The van der Waals surface area contributed by atoms with Gasteiger partial charge in [0.05, 0.1) is 26.4 Å². The maximum Gasteiger partial charge on any atom is 0.343 e. The molecule has 158 valence electrons. The Labute approximate surface area is 167 Å². The molecule has 1 aromatic carbocycles. The molecule has 4 atom stereocenters. The molecule has 4 heterocycles. The normalized spacial score (nSPS) is 27.5. The van der Waals surface area contributed by atoms with Crippen LogP contribution in [0.2, 0.25) is 0 Å². The molecule has 0 saturated carbocycles. The van der Waals surface area contributed by atoms with E-state index in [0.29, 0.717) is 0 Å². The minimum atomic E-state index is -0.804. The van der Waals surface area contributed by atoms with Gasteiger partial charge >= 0.3 is 23.9 Å². The van der Waals surface area contributed by atoms with Gasteiger partial charge in [-0.2, -0.15) is 0 Å². The van der Waals surface area contributed by atoms with Gasteiger partial charge in [0.15, 0.2) is 35.9 Å². The van der Waals surface area contributed by atoms with Crippen LogP contribution in [-0.2, 0) is 38.1 Å². The standard InChI is InChI=1S/C18H14O12/c19-15(9-3-23-9)27-7-1-2-8(28-16(20)10-4-24-10)14(30-18(22)12-6-26-12)13(7)29-17(21)11-5-25-11/h1-2,9-12H,3-6H2. The average Bonchev–Trinajstić information content (AvgIpc) is 3.59. The van der Waals surface area contributed by atoms with Gasteiger partial charge in [-0.25, -0.2) is 19.2 Å². The van der Waals surface area contributed by atoms with Crippen molar-refractivity contribution < 1.29 is 57.1 Å². The summed E-state index contributed by atoms with van der Waals surface area (Å²) in [7, 11) is 0.